The van der Waals surface area contributed by atoms with Gasteiger partial charge in [-0.15, -0.1) is 0 Å². The molecule has 3 nitrogen and oxygen atoms in total. The number of nitrogens with one attached hydrogen (secondary N) is 1. The summed E-state index contributed by atoms with van der Waals surface area (Å²) < 4.78 is 1.98. The lowest BCUT2D eigenvalue weighted by Gasteiger charge is -2.19. The van der Waals surface area contributed by atoms with Gasteiger partial charge in [-0.05, 0) is 32.6 Å². The van der Waals surface area contributed by atoms with Crippen molar-refractivity contribution in [1.29, 1.82) is 0 Å². The highest BCUT2D eigenvalue weighted by Crippen LogP contribution is 2.28. The maximum Gasteiger partial charge on any atom is 0.0641 e. The Balaban J connectivity index is 1.97. The van der Waals surface area contributed by atoms with Gasteiger partial charge < -0.3 is 5.32 Å². The highest BCUT2D eigenvalue weighted by atomic mass is 15.3. The fraction of sp³-hybridized carbons (Fsp3) is 0.786. The standard InChI is InChI=1S/C14H25N3/c1-5-12-7-6-8-14(12)15-9-13-10(2)16-17(4)11(13)3/h12,14-15H,5-9H2,1-4H3. The fourth-order valence-corrected chi connectivity index (χ4v) is 3.10. The Morgan fingerprint density at radius 2 is 2.12 bits per heavy atom. The minimum atomic E-state index is 0.721. The average molecular weight is 235 g/mol. The first-order valence-electron chi connectivity index (χ1n) is 6.86. The number of hydrogen-bond donors (Lipinski definition) is 1. The SMILES string of the molecule is CCC1CCCC1NCc1c(C)nn(C)c1C. The summed E-state index contributed by atoms with van der Waals surface area (Å²) in [5, 5.41) is 8.21. The first-order chi connectivity index (χ1) is 8.13. The number of hydrogen-bond acceptors (Lipinski definition) is 2. The molecule has 0 amide bonds. The van der Waals surface area contributed by atoms with Crippen LogP contribution in [0.5, 0.6) is 0 Å². The highest BCUT2D eigenvalue weighted by Gasteiger charge is 2.25. The molecule has 0 bridgehead atoms. The number of nitrogens with zero attached hydrogens (tertiary/aromatic N) is 2. The van der Waals surface area contributed by atoms with E-state index in [4.69, 9.17) is 0 Å². The Hall–Kier alpha value is -0.830. The average Bonchev–Trinajstić information content (AvgIpc) is 2.84. The van der Waals surface area contributed by atoms with Crippen LogP contribution in [0.2, 0.25) is 0 Å². The summed E-state index contributed by atoms with van der Waals surface area (Å²) in [4.78, 5) is 0. The summed E-state index contributed by atoms with van der Waals surface area (Å²) in [5.74, 6) is 0.882. The van der Waals surface area contributed by atoms with Crippen LogP contribution in [0.15, 0.2) is 0 Å². The second-order valence-electron chi connectivity index (χ2n) is 5.36. The number of aryl methyl sites for hydroxylation is 2. The topological polar surface area (TPSA) is 29.9 Å². The zero-order valence-electron chi connectivity index (χ0n) is 11.6. The van der Waals surface area contributed by atoms with Crippen molar-refractivity contribution in [3.63, 3.8) is 0 Å². The van der Waals surface area contributed by atoms with Crippen molar-refractivity contribution in [2.45, 2.75) is 59.0 Å². The third kappa shape index (κ3) is 2.54. The predicted molar refractivity (Wildman–Crippen MR) is 70.9 cm³/mol. The Morgan fingerprint density at radius 3 is 2.71 bits per heavy atom. The van der Waals surface area contributed by atoms with E-state index in [0.29, 0.717) is 0 Å². The molecular formula is C14H25N3. The maximum absolute atomic E-state index is 4.47. The van der Waals surface area contributed by atoms with E-state index in [1.807, 2.05) is 11.7 Å². The van der Waals surface area contributed by atoms with Crippen molar-refractivity contribution in [1.82, 2.24) is 15.1 Å². The smallest absolute Gasteiger partial charge is 0.0641 e. The van der Waals surface area contributed by atoms with E-state index in [2.05, 4.69) is 31.2 Å². The Morgan fingerprint density at radius 1 is 1.35 bits per heavy atom. The minimum absolute atomic E-state index is 0.721. The van der Waals surface area contributed by atoms with Gasteiger partial charge in [-0.25, -0.2) is 0 Å². The molecule has 2 rings (SSSR count). The van der Waals surface area contributed by atoms with E-state index in [0.717, 1.165) is 18.5 Å². The van der Waals surface area contributed by atoms with Crippen LogP contribution in [0.4, 0.5) is 0 Å². The summed E-state index contributed by atoms with van der Waals surface area (Å²) >= 11 is 0. The molecule has 1 heterocycles. The molecule has 17 heavy (non-hydrogen) atoms. The van der Waals surface area contributed by atoms with E-state index in [9.17, 15) is 0 Å². The van der Waals surface area contributed by atoms with Gasteiger partial charge in [-0.3, -0.25) is 4.68 Å². The van der Waals surface area contributed by atoms with Gasteiger partial charge in [0.05, 0.1) is 5.69 Å². The second-order valence-corrected chi connectivity index (χ2v) is 5.36. The van der Waals surface area contributed by atoms with Crippen LogP contribution in [0, 0.1) is 19.8 Å². The zero-order chi connectivity index (χ0) is 12.4. The van der Waals surface area contributed by atoms with E-state index in [1.54, 1.807) is 0 Å². The zero-order valence-corrected chi connectivity index (χ0v) is 11.6. The Kier molecular flexibility index (Phi) is 3.87. The van der Waals surface area contributed by atoms with Crippen LogP contribution in [0.3, 0.4) is 0 Å². The Bertz CT molecular complexity index is 381. The Labute approximate surface area is 105 Å². The van der Waals surface area contributed by atoms with E-state index < -0.39 is 0 Å². The lowest BCUT2D eigenvalue weighted by molar-refractivity contribution is 0.389. The summed E-state index contributed by atoms with van der Waals surface area (Å²) in [6.45, 7) is 7.55. The summed E-state index contributed by atoms with van der Waals surface area (Å²) in [6, 6.07) is 0.721. The predicted octanol–water partition coefficient (Wildman–Crippen LogP) is 2.71. The third-order valence-corrected chi connectivity index (χ3v) is 4.38. The van der Waals surface area contributed by atoms with E-state index in [1.165, 1.54) is 42.6 Å². The molecule has 3 heteroatoms. The molecule has 1 fully saturated rings. The molecule has 1 aromatic rings. The van der Waals surface area contributed by atoms with Gasteiger partial charge in [0.25, 0.3) is 0 Å². The van der Waals surface area contributed by atoms with Crippen molar-refractivity contribution in [3.05, 3.63) is 17.0 Å². The molecule has 0 saturated heterocycles. The molecule has 0 aliphatic heterocycles. The molecule has 1 aromatic heterocycles. The van der Waals surface area contributed by atoms with Crippen molar-refractivity contribution in [3.8, 4) is 0 Å². The molecular weight excluding hydrogens is 210 g/mol. The van der Waals surface area contributed by atoms with Crippen LogP contribution in [-0.2, 0) is 13.6 Å². The van der Waals surface area contributed by atoms with Crippen molar-refractivity contribution in [2.75, 3.05) is 0 Å². The molecule has 2 unspecified atom stereocenters. The van der Waals surface area contributed by atoms with Gasteiger partial charge in [-0.2, -0.15) is 5.10 Å². The fourth-order valence-electron chi connectivity index (χ4n) is 3.10. The molecule has 1 N–H and O–H groups in total. The molecule has 0 aromatic carbocycles. The summed E-state index contributed by atoms with van der Waals surface area (Å²) in [5.41, 5.74) is 3.85. The molecule has 0 spiro atoms. The largest absolute Gasteiger partial charge is 0.310 e. The highest BCUT2D eigenvalue weighted by molar-refractivity contribution is 5.24. The summed E-state index contributed by atoms with van der Waals surface area (Å²) in [7, 11) is 2.02. The molecule has 1 saturated carbocycles. The van der Waals surface area contributed by atoms with Crippen LogP contribution >= 0.6 is 0 Å². The molecule has 2 atom stereocenters. The first kappa shape index (κ1) is 12.6. The molecule has 1 aliphatic carbocycles. The van der Waals surface area contributed by atoms with E-state index in [-0.39, 0.29) is 0 Å². The van der Waals surface area contributed by atoms with Crippen LogP contribution < -0.4 is 5.32 Å². The van der Waals surface area contributed by atoms with Gasteiger partial charge in [-0.1, -0.05) is 19.8 Å². The molecule has 0 radical (unpaired) electrons. The van der Waals surface area contributed by atoms with Gasteiger partial charge >= 0.3 is 0 Å². The van der Waals surface area contributed by atoms with Gasteiger partial charge in [0.15, 0.2) is 0 Å². The van der Waals surface area contributed by atoms with Crippen molar-refractivity contribution in [2.24, 2.45) is 13.0 Å². The van der Waals surface area contributed by atoms with Gasteiger partial charge in [0, 0.05) is 30.9 Å². The van der Waals surface area contributed by atoms with E-state index >= 15 is 0 Å². The molecule has 96 valence electrons. The van der Waals surface area contributed by atoms with Crippen molar-refractivity contribution < 1.29 is 0 Å². The second kappa shape index (κ2) is 5.21. The van der Waals surface area contributed by atoms with Crippen molar-refractivity contribution >= 4 is 0 Å². The van der Waals surface area contributed by atoms with Gasteiger partial charge in [0.1, 0.15) is 0 Å². The number of aromatic nitrogens is 2. The van der Waals surface area contributed by atoms with Crippen LogP contribution in [-0.4, -0.2) is 15.8 Å². The van der Waals surface area contributed by atoms with Gasteiger partial charge in [0.2, 0.25) is 0 Å². The summed E-state index contributed by atoms with van der Waals surface area (Å²) in [6.07, 6.45) is 5.44. The monoisotopic (exact) mass is 235 g/mol. The number of rotatable bonds is 4. The third-order valence-electron chi connectivity index (χ3n) is 4.38. The minimum Gasteiger partial charge on any atom is -0.310 e. The first-order valence-corrected chi connectivity index (χ1v) is 6.86. The lowest BCUT2D eigenvalue weighted by atomic mass is 10.0. The van der Waals surface area contributed by atoms with Crippen LogP contribution in [0.25, 0.3) is 0 Å². The molecule has 1 aliphatic rings. The maximum atomic E-state index is 4.47. The lowest BCUT2D eigenvalue weighted by Crippen LogP contribution is -2.31. The normalized spacial score (nSPS) is 24.5. The quantitative estimate of drug-likeness (QED) is 0.869. The van der Waals surface area contributed by atoms with Crippen LogP contribution in [0.1, 0.15) is 49.6 Å².